The zero-order valence-electron chi connectivity index (χ0n) is 9.28. The van der Waals surface area contributed by atoms with Gasteiger partial charge in [-0.3, -0.25) is 4.79 Å². The van der Waals surface area contributed by atoms with Crippen molar-refractivity contribution in [2.75, 3.05) is 0 Å². The lowest BCUT2D eigenvalue weighted by Gasteiger charge is -2.25. The molecule has 1 fully saturated rings. The molecular weight excluding hydrogens is 204 g/mol. The SMILES string of the molecule is NC1CCCC(C(=O)NCc2ncc[nH]2)C1. The molecule has 1 aliphatic rings. The van der Waals surface area contributed by atoms with E-state index in [0.29, 0.717) is 6.54 Å². The highest BCUT2D eigenvalue weighted by atomic mass is 16.1. The van der Waals surface area contributed by atoms with Gasteiger partial charge in [0, 0.05) is 24.4 Å². The van der Waals surface area contributed by atoms with Gasteiger partial charge in [-0.2, -0.15) is 0 Å². The first-order valence-corrected chi connectivity index (χ1v) is 5.77. The van der Waals surface area contributed by atoms with Gasteiger partial charge in [-0.1, -0.05) is 6.42 Å². The minimum atomic E-state index is 0.0821. The zero-order chi connectivity index (χ0) is 11.4. The lowest BCUT2D eigenvalue weighted by atomic mass is 9.85. The van der Waals surface area contributed by atoms with Crippen LogP contribution in [0, 0.1) is 5.92 Å². The van der Waals surface area contributed by atoms with E-state index in [4.69, 9.17) is 5.73 Å². The number of hydrogen-bond acceptors (Lipinski definition) is 3. The van der Waals surface area contributed by atoms with Crippen molar-refractivity contribution in [2.45, 2.75) is 38.3 Å². The Hall–Kier alpha value is -1.36. The van der Waals surface area contributed by atoms with Crippen LogP contribution in [0.1, 0.15) is 31.5 Å². The molecule has 88 valence electrons. The quantitative estimate of drug-likeness (QED) is 0.698. The van der Waals surface area contributed by atoms with Gasteiger partial charge in [0.15, 0.2) is 0 Å². The van der Waals surface area contributed by atoms with E-state index in [1.807, 2.05) is 0 Å². The van der Waals surface area contributed by atoms with Crippen LogP contribution in [0.2, 0.25) is 0 Å². The Balaban J connectivity index is 1.79. The first-order valence-electron chi connectivity index (χ1n) is 5.77. The predicted octanol–water partition coefficient (Wildman–Crippen LogP) is 0.543. The van der Waals surface area contributed by atoms with Crippen molar-refractivity contribution in [3.05, 3.63) is 18.2 Å². The smallest absolute Gasteiger partial charge is 0.223 e. The second-order valence-corrected chi connectivity index (χ2v) is 4.38. The number of hydrogen-bond donors (Lipinski definition) is 3. The molecule has 0 radical (unpaired) electrons. The van der Waals surface area contributed by atoms with Crippen molar-refractivity contribution in [3.8, 4) is 0 Å². The summed E-state index contributed by atoms with van der Waals surface area (Å²) in [7, 11) is 0. The molecule has 2 rings (SSSR count). The van der Waals surface area contributed by atoms with Crippen LogP contribution in [0.15, 0.2) is 12.4 Å². The Labute approximate surface area is 94.8 Å². The van der Waals surface area contributed by atoms with Crippen LogP contribution in [0.3, 0.4) is 0 Å². The number of rotatable bonds is 3. The molecule has 1 aromatic heterocycles. The fourth-order valence-corrected chi connectivity index (χ4v) is 2.18. The molecular formula is C11H18N4O. The molecule has 5 heteroatoms. The van der Waals surface area contributed by atoms with Gasteiger partial charge >= 0.3 is 0 Å². The number of nitrogens with zero attached hydrogens (tertiary/aromatic N) is 1. The van der Waals surface area contributed by atoms with E-state index in [0.717, 1.165) is 31.5 Å². The minimum Gasteiger partial charge on any atom is -0.349 e. The Morgan fingerprint density at radius 2 is 2.50 bits per heavy atom. The number of aromatic nitrogens is 2. The van der Waals surface area contributed by atoms with Crippen LogP contribution in [-0.2, 0) is 11.3 Å². The van der Waals surface area contributed by atoms with Crippen LogP contribution in [-0.4, -0.2) is 21.9 Å². The summed E-state index contributed by atoms with van der Waals surface area (Å²) in [6.07, 6.45) is 7.29. The standard InChI is InChI=1S/C11H18N4O/c12-9-3-1-2-8(6-9)11(16)15-7-10-13-4-5-14-10/h4-5,8-9H,1-3,6-7,12H2,(H,13,14)(H,15,16). The molecule has 0 aliphatic heterocycles. The highest BCUT2D eigenvalue weighted by Gasteiger charge is 2.24. The number of aromatic amines is 1. The van der Waals surface area contributed by atoms with Crippen LogP contribution < -0.4 is 11.1 Å². The molecule has 1 heterocycles. The Morgan fingerprint density at radius 3 is 3.19 bits per heavy atom. The predicted molar refractivity (Wildman–Crippen MR) is 60.4 cm³/mol. The van der Waals surface area contributed by atoms with E-state index in [-0.39, 0.29) is 17.9 Å². The minimum absolute atomic E-state index is 0.0821. The van der Waals surface area contributed by atoms with Gasteiger partial charge in [0.2, 0.25) is 5.91 Å². The second-order valence-electron chi connectivity index (χ2n) is 4.38. The Kier molecular flexibility index (Phi) is 3.56. The van der Waals surface area contributed by atoms with Crippen molar-refractivity contribution in [3.63, 3.8) is 0 Å². The molecule has 0 saturated heterocycles. The normalized spacial score (nSPS) is 25.3. The molecule has 0 bridgehead atoms. The first kappa shape index (κ1) is 11.1. The summed E-state index contributed by atoms with van der Waals surface area (Å²) in [4.78, 5) is 18.8. The number of amides is 1. The molecule has 1 aromatic rings. The molecule has 2 atom stereocenters. The van der Waals surface area contributed by atoms with Gasteiger partial charge < -0.3 is 16.0 Å². The second kappa shape index (κ2) is 5.12. The number of nitrogens with one attached hydrogen (secondary N) is 2. The maximum Gasteiger partial charge on any atom is 0.223 e. The van der Waals surface area contributed by atoms with E-state index >= 15 is 0 Å². The van der Waals surface area contributed by atoms with Crippen molar-refractivity contribution in [2.24, 2.45) is 11.7 Å². The molecule has 1 saturated carbocycles. The van der Waals surface area contributed by atoms with Crippen LogP contribution >= 0.6 is 0 Å². The highest BCUT2D eigenvalue weighted by molar-refractivity contribution is 5.78. The number of imidazole rings is 1. The lowest BCUT2D eigenvalue weighted by molar-refractivity contribution is -0.126. The van der Waals surface area contributed by atoms with E-state index in [1.54, 1.807) is 12.4 Å². The van der Waals surface area contributed by atoms with Crippen LogP contribution in [0.25, 0.3) is 0 Å². The monoisotopic (exact) mass is 222 g/mol. The average molecular weight is 222 g/mol. The number of nitrogens with two attached hydrogens (primary N) is 1. The molecule has 4 N–H and O–H groups in total. The van der Waals surface area contributed by atoms with E-state index in [9.17, 15) is 4.79 Å². The Morgan fingerprint density at radius 1 is 1.62 bits per heavy atom. The number of carbonyl (C=O) groups is 1. The third-order valence-corrected chi connectivity index (χ3v) is 3.07. The molecule has 1 amide bonds. The van der Waals surface area contributed by atoms with Crippen LogP contribution in [0.4, 0.5) is 0 Å². The van der Waals surface area contributed by atoms with Crippen molar-refractivity contribution in [1.29, 1.82) is 0 Å². The van der Waals surface area contributed by atoms with Gasteiger partial charge in [-0.25, -0.2) is 4.98 Å². The van der Waals surface area contributed by atoms with Gasteiger partial charge in [0.25, 0.3) is 0 Å². The zero-order valence-corrected chi connectivity index (χ0v) is 9.28. The molecule has 2 unspecified atom stereocenters. The molecule has 5 nitrogen and oxygen atoms in total. The summed E-state index contributed by atoms with van der Waals surface area (Å²) in [5.74, 6) is 0.971. The Bertz CT molecular complexity index is 336. The average Bonchev–Trinajstić information content (AvgIpc) is 2.78. The summed E-state index contributed by atoms with van der Waals surface area (Å²) in [5, 5.41) is 2.89. The van der Waals surface area contributed by atoms with Crippen molar-refractivity contribution in [1.82, 2.24) is 15.3 Å². The van der Waals surface area contributed by atoms with Crippen molar-refractivity contribution >= 4 is 5.91 Å². The molecule has 0 aromatic carbocycles. The van der Waals surface area contributed by atoms with Gasteiger partial charge in [0.05, 0.1) is 6.54 Å². The van der Waals surface area contributed by atoms with Crippen LogP contribution in [0.5, 0.6) is 0 Å². The molecule has 0 spiro atoms. The molecule has 1 aliphatic carbocycles. The number of carbonyl (C=O) groups excluding carboxylic acids is 1. The third-order valence-electron chi connectivity index (χ3n) is 3.07. The third kappa shape index (κ3) is 2.82. The van der Waals surface area contributed by atoms with Gasteiger partial charge in [-0.05, 0) is 19.3 Å². The highest BCUT2D eigenvalue weighted by Crippen LogP contribution is 2.23. The fourth-order valence-electron chi connectivity index (χ4n) is 2.18. The maximum atomic E-state index is 11.8. The molecule has 16 heavy (non-hydrogen) atoms. The van der Waals surface area contributed by atoms with E-state index < -0.39 is 0 Å². The first-order chi connectivity index (χ1) is 7.75. The largest absolute Gasteiger partial charge is 0.349 e. The lowest BCUT2D eigenvalue weighted by Crippen LogP contribution is -2.37. The maximum absolute atomic E-state index is 11.8. The van der Waals surface area contributed by atoms with Crippen molar-refractivity contribution < 1.29 is 4.79 Å². The van der Waals surface area contributed by atoms with Gasteiger partial charge in [0.1, 0.15) is 5.82 Å². The number of H-pyrrole nitrogens is 1. The summed E-state index contributed by atoms with van der Waals surface area (Å²) in [5.41, 5.74) is 5.86. The summed E-state index contributed by atoms with van der Waals surface area (Å²) < 4.78 is 0. The topological polar surface area (TPSA) is 83.8 Å². The summed E-state index contributed by atoms with van der Waals surface area (Å²) in [6, 6.07) is 0.188. The van der Waals surface area contributed by atoms with E-state index in [2.05, 4.69) is 15.3 Å². The summed E-state index contributed by atoms with van der Waals surface area (Å²) in [6.45, 7) is 0.470. The van der Waals surface area contributed by atoms with E-state index in [1.165, 1.54) is 0 Å². The van der Waals surface area contributed by atoms with Gasteiger partial charge in [-0.15, -0.1) is 0 Å². The fraction of sp³-hybridized carbons (Fsp3) is 0.636. The summed E-state index contributed by atoms with van der Waals surface area (Å²) >= 11 is 0.